The summed E-state index contributed by atoms with van der Waals surface area (Å²) in [4.78, 5) is 24.9. The van der Waals surface area contributed by atoms with Crippen LogP contribution in [0.1, 0.15) is 42.3 Å². The third-order valence-corrected chi connectivity index (χ3v) is 4.65. The minimum atomic E-state index is -6.03. The zero-order chi connectivity index (χ0) is 21.5. The molecule has 0 fully saturated rings. The van der Waals surface area contributed by atoms with Crippen molar-refractivity contribution < 1.29 is 45.2 Å². The number of nitrogens with zero attached hydrogens (tertiary/aromatic N) is 1. The number of rotatable bonds is 3. The summed E-state index contributed by atoms with van der Waals surface area (Å²) in [5.74, 6) is -2.61. The molecule has 0 aromatic heterocycles. The maximum atomic E-state index is 12.5. The third-order valence-electron chi connectivity index (χ3n) is 3.68. The fourth-order valence-electron chi connectivity index (χ4n) is 2.47. The van der Waals surface area contributed by atoms with Crippen molar-refractivity contribution in [2.45, 2.75) is 44.8 Å². The van der Waals surface area contributed by atoms with Gasteiger partial charge in [0.25, 0.3) is 0 Å². The SMILES string of the molecule is CC(C)(C)OC(=O)N1CCc2cc(OS(=O)(=O)C(F)(F)F)c(C(=O)O)cc2C1. The molecule has 0 unspecified atom stereocenters. The normalized spacial score (nSPS) is 15.0. The molecule has 0 saturated heterocycles. The third kappa shape index (κ3) is 4.86. The number of fused-ring (bicyclic) bond motifs is 1. The van der Waals surface area contributed by atoms with Crippen molar-refractivity contribution in [3.8, 4) is 5.75 Å². The molecule has 8 nitrogen and oxygen atoms in total. The average Bonchev–Trinajstić information content (AvgIpc) is 2.50. The van der Waals surface area contributed by atoms with Crippen LogP contribution in [0.25, 0.3) is 0 Å². The van der Waals surface area contributed by atoms with E-state index in [9.17, 15) is 36.3 Å². The van der Waals surface area contributed by atoms with Gasteiger partial charge >= 0.3 is 27.7 Å². The highest BCUT2D eigenvalue weighted by Crippen LogP contribution is 2.33. The quantitative estimate of drug-likeness (QED) is 0.586. The van der Waals surface area contributed by atoms with Gasteiger partial charge in [-0.25, -0.2) is 9.59 Å². The number of aromatic carboxylic acids is 1. The van der Waals surface area contributed by atoms with Crippen molar-refractivity contribution in [2.24, 2.45) is 0 Å². The number of benzene rings is 1. The molecule has 0 spiro atoms. The molecule has 1 aliphatic heterocycles. The highest BCUT2D eigenvalue weighted by atomic mass is 32.2. The molecule has 0 atom stereocenters. The second-order valence-electron chi connectivity index (χ2n) is 7.06. The van der Waals surface area contributed by atoms with Gasteiger partial charge in [0.05, 0.1) is 0 Å². The molecule has 1 N–H and O–H groups in total. The van der Waals surface area contributed by atoms with Gasteiger partial charge in [0.2, 0.25) is 0 Å². The fraction of sp³-hybridized carbons (Fsp3) is 0.500. The van der Waals surface area contributed by atoms with E-state index in [0.717, 1.165) is 12.1 Å². The first kappa shape index (κ1) is 21.8. The highest BCUT2D eigenvalue weighted by molar-refractivity contribution is 7.88. The number of carbonyl (C=O) groups is 2. The van der Waals surface area contributed by atoms with Crippen LogP contribution in [-0.4, -0.2) is 48.1 Å². The van der Waals surface area contributed by atoms with Gasteiger partial charge in [-0.1, -0.05) is 0 Å². The molecule has 1 aromatic rings. The van der Waals surface area contributed by atoms with E-state index in [1.54, 1.807) is 20.8 Å². The van der Waals surface area contributed by atoms with E-state index < -0.39 is 44.6 Å². The molecular formula is C16H18F3NO7S. The van der Waals surface area contributed by atoms with Gasteiger partial charge in [-0.3, -0.25) is 0 Å². The summed E-state index contributed by atoms with van der Waals surface area (Å²) in [7, 11) is -6.03. The molecule has 0 radical (unpaired) electrons. The van der Waals surface area contributed by atoms with Crippen molar-refractivity contribution >= 4 is 22.2 Å². The molecule has 12 heteroatoms. The van der Waals surface area contributed by atoms with E-state index >= 15 is 0 Å². The Morgan fingerprint density at radius 1 is 1.14 bits per heavy atom. The Morgan fingerprint density at radius 3 is 2.25 bits per heavy atom. The minimum absolute atomic E-state index is 0.0448. The Balaban J connectivity index is 2.36. The summed E-state index contributed by atoms with van der Waals surface area (Å²) >= 11 is 0. The summed E-state index contributed by atoms with van der Waals surface area (Å²) in [6.07, 6.45) is -0.480. The number of carbonyl (C=O) groups excluding carboxylic acids is 1. The number of hydrogen-bond acceptors (Lipinski definition) is 6. The van der Waals surface area contributed by atoms with Gasteiger partial charge in [-0.05, 0) is 50.5 Å². The lowest BCUT2D eigenvalue weighted by molar-refractivity contribution is -0.0500. The molecule has 0 saturated carbocycles. The van der Waals surface area contributed by atoms with E-state index in [-0.39, 0.29) is 19.5 Å². The van der Waals surface area contributed by atoms with E-state index in [4.69, 9.17) is 4.74 Å². The topological polar surface area (TPSA) is 110 Å². The van der Waals surface area contributed by atoms with Crippen LogP contribution in [0.3, 0.4) is 0 Å². The number of carboxylic acids is 1. The zero-order valence-electron chi connectivity index (χ0n) is 15.2. The van der Waals surface area contributed by atoms with Crippen molar-refractivity contribution in [3.63, 3.8) is 0 Å². The molecule has 156 valence electrons. The molecule has 28 heavy (non-hydrogen) atoms. The van der Waals surface area contributed by atoms with Crippen LogP contribution >= 0.6 is 0 Å². The summed E-state index contributed by atoms with van der Waals surface area (Å²) < 4.78 is 69.4. The van der Waals surface area contributed by atoms with Crippen molar-refractivity contribution in [2.75, 3.05) is 6.54 Å². The Hall–Kier alpha value is -2.50. The van der Waals surface area contributed by atoms with Gasteiger partial charge in [-0.2, -0.15) is 21.6 Å². The second kappa shape index (κ2) is 7.15. The van der Waals surface area contributed by atoms with Gasteiger partial charge in [0.1, 0.15) is 11.2 Å². The van der Waals surface area contributed by atoms with Crippen molar-refractivity contribution in [3.05, 3.63) is 28.8 Å². The lowest BCUT2D eigenvalue weighted by Gasteiger charge is -2.31. The predicted molar refractivity (Wildman–Crippen MR) is 89.4 cm³/mol. The maximum absolute atomic E-state index is 12.5. The molecule has 0 bridgehead atoms. The molecular weight excluding hydrogens is 407 g/mol. The molecule has 2 rings (SSSR count). The highest BCUT2D eigenvalue weighted by Gasteiger charge is 2.49. The first-order valence-corrected chi connectivity index (χ1v) is 9.39. The van der Waals surface area contributed by atoms with E-state index in [0.29, 0.717) is 11.1 Å². The minimum Gasteiger partial charge on any atom is -0.478 e. The Labute approximate surface area is 159 Å². The first-order chi connectivity index (χ1) is 12.6. The van der Waals surface area contributed by atoms with Crippen molar-refractivity contribution in [1.82, 2.24) is 4.90 Å². The number of amides is 1. The van der Waals surface area contributed by atoms with Crippen LogP contribution in [-0.2, 0) is 27.8 Å². The lowest BCUT2D eigenvalue weighted by Crippen LogP contribution is -2.40. The lowest BCUT2D eigenvalue weighted by atomic mass is 9.97. The first-order valence-electron chi connectivity index (χ1n) is 7.98. The monoisotopic (exact) mass is 425 g/mol. The number of hydrogen-bond donors (Lipinski definition) is 1. The molecule has 1 aliphatic rings. The smallest absolute Gasteiger partial charge is 0.478 e. The summed E-state index contributed by atoms with van der Waals surface area (Å²) in [6, 6.07) is 1.93. The van der Waals surface area contributed by atoms with E-state index in [1.165, 1.54) is 4.90 Å². The van der Waals surface area contributed by atoms with Gasteiger partial charge in [0.15, 0.2) is 5.75 Å². The number of ether oxygens (including phenoxy) is 1. The van der Waals surface area contributed by atoms with Crippen LogP contribution in [0.2, 0.25) is 0 Å². The summed E-state index contributed by atoms with van der Waals surface area (Å²) in [5, 5.41) is 9.23. The molecule has 1 heterocycles. The van der Waals surface area contributed by atoms with Crippen LogP contribution in [0.15, 0.2) is 12.1 Å². The van der Waals surface area contributed by atoms with E-state index in [1.807, 2.05) is 0 Å². The molecule has 1 amide bonds. The van der Waals surface area contributed by atoms with Crippen LogP contribution < -0.4 is 4.18 Å². The number of carboxylic acid groups (broad SMARTS) is 1. The van der Waals surface area contributed by atoms with E-state index in [2.05, 4.69) is 4.18 Å². The molecule has 1 aromatic carbocycles. The Bertz CT molecular complexity index is 904. The summed E-state index contributed by atoms with van der Waals surface area (Å²) in [5.41, 5.74) is -6.50. The second-order valence-corrected chi connectivity index (χ2v) is 8.60. The maximum Gasteiger partial charge on any atom is 0.534 e. The number of halogens is 3. The van der Waals surface area contributed by atoms with Gasteiger partial charge in [-0.15, -0.1) is 0 Å². The average molecular weight is 425 g/mol. The summed E-state index contributed by atoms with van der Waals surface area (Å²) in [6.45, 7) is 5.14. The van der Waals surface area contributed by atoms with Crippen LogP contribution in [0.4, 0.5) is 18.0 Å². The Morgan fingerprint density at radius 2 is 1.75 bits per heavy atom. The predicted octanol–water partition coefficient (Wildman–Crippen LogP) is 2.91. The Kier molecular flexibility index (Phi) is 5.57. The standard InChI is InChI=1S/C16H18F3NO7S/c1-15(2,3)26-14(23)20-5-4-9-7-12(27-28(24,25)16(17,18)19)11(13(21)22)6-10(9)8-20/h6-7H,4-5,8H2,1-3H3,(H,21,22). The zero-order valence-corrected chi connectivity index (χ0v) is 16.0. The fourth-order valence-corrected chi connectivity index (χ4v) is 2.94. The van der Waals surface area contributed by atoms with Gasteiger partial charge in [0, 0.05) is 13.1 Å². The molecule has 0 aliphatic carbocycles. The van der Waals surface area contributed by atoms with Gasteiger partial charge < -0.3 is 18.9 Å². The van der Waals surface area contributed by atoms with Crippen LogP contribution in [0.5, 0.6) is 5.75 Å². The van der Waals surface area contributed by atoms with Crippen LogP contribution in [0, 0.1) is 0 Å². The van der Waals surface area contributed by atoms with Crippen molar-refractivity contribution in [1.29, 1.82) is 0 Å². The number of alkyl halides is 3. The largest absolute Gasteiger partial charge is 0.534 e.